The number of aromatic nitrogens is 2. The normalized spacial score (nSPS) is 10.3. The van der Waals surface area contributed by atoms with Gasteiger partial charge in [0, 0.05) is 24.8 Å². The summed E-state index contributed by atoms with van der Waals surface area (Å²) in [6.07, 6.45) is 0. The molecule has 0 unspecified atom stereocenters. The van der Waals surface area contributed by atoms with Crippen LogP contribution in [0.2, 0.25) is 0 Å². The summed E-state index contributed by atoms with van der Waals surface area (Å²) in [5.74, 6) is 0. The minimum atomic E-state index is -0.144. The molecule has 0 radical (unpaired) electrons. The van der Waals surface area contributed by atoms with Gasteiger partial charge in [0.15, 0.2) is 0 Å². The molecular formula is C20H18N4O. The molecule has 1 heterocycles. The maximum atomic E-state index is 12.7. The number of rotatable bonds is 4. The molecule has 0 bridgehead atoms. The summed E-state index contributed by atoms with van der Waals surface area (Å²) in [4.78, 5) is 14.6. The molecule has 0 saturated carbocycles. The molecule has 5 nitrogen and oxygen atoms in total. The molecule has 5 heteroatoms. The summed E-state index contributed by atoms with van der Waals surface area (Å²) in [6.45, 7) is 2.39. The van der Waals surface area contributed by atoms with Gasteiger partial charge < -0.3 is 4.90 Å². The first-order chi connectivity index (χ1) is 12.1. The smallest absolute Gasteiger partial charge is 0.290 e. The van der Waals surface area contributed by atoms with Crippen LogP contribution in [0.15, 0.2) is 65.5 Å². The Morgan fingerprint density at radius 1 is 1.12 bits per heavy atom. The molecule has 2 aromatic carbocycles. The minimum absolute atomic E-state index is 0.144. The van der Waals surface area contributed by atoms with Crippen LogP contribution in [0.4, 0.5) is 11.4 Å². The van der Waals surface area contributed by atoms with Crippen molar-refractivity contribution in [2.75, 3.05) is 11.9 Å². The molecular weight excluding hydrogens is 312 g/mol. The highest BCUT2D eigenvalue weighted by Crippen LogP contribution is 2.24. The fraction of sp³-hybridized carbons (Fsp3) is 0.150. The number of nitrogens with zero attached hydrogens (tertiary/aromatic N) is 4. The lowest BCUT2D eigenvalue weighted by Gasteiger charge is -2.20. The van der Waals surface area contributed by atoms with Crippen LogP contribution in [0.25, 0.3) is 11.3 Å². The number of hydrogen-bond acceptors (Lipinski definition) is 4. The van der Waals surface area contributed by atoms with Crippen molar-refractivity contribution < 1.29 is 0 Å². The summed E-state index contributed by atoms with van der Waals surface area (Å²) >= 11 is 0. The van der Waals surface area contributed by atoms with E-state index in [1.807, 2.05) is 67.4 Å². The Labute approximate surface area is 146 Å². The molecule has 3 rings (SSSR count). The standard InChI is InChI=1S/C20H18N4O/c1-3-24-20(25)19(13-18(22-24)16-7-5-4-6-8-16)23(2)17-11-9-15(14-21)10-12-17/h4-13H,3H2,1-2H3. The highest BCUT2D eigenvalue weighted by molar-refractivity contribution is 5.68. The van der Waals surface area contributed by atoms with Crippen molar-refractivity contribution in [1.82, 2.24) is 9.78 Å². The Bertz CT molecular complexity index is 969. The summed E-state index contributed by atoms with van der Waals surface area (Å²) in [6, 6.07) is 20.8. The summed E-state index contributed by atoms with van der Waals surface area (Å²) in [5, 5.41) is 13.4. The predicted molar refractivity (Wildman–Crippen MR) is 98.8 cm³/mol. The maximum Gasteiger partial charge on any atom is 0.290 e. The van der Waals surface area contributed by atoms with Gasteiger partial charge in [-0.3, -0.25) is 4.79 Å². The lowest BCUT2D eigenvalue weighted by atomic mass is 10.1. The van der Waals surface area contributed by atoms with E-state index in [4.69, 9.17) is 5.26 Å². The van der Waals surface area contributed by atoms with Gasteiger partial charge in [0.05, 0.1) is 17.3 Å². The highest BCUT2D eigenvalue weighted by atomic mass is 16.1. The molecule has 1 aromatic heterocycles. The molecule has 0 atom stereocenters. The fourth-order valence-corrected chi connectivity index (χ4v) is 2.63. The number of aryl methyl sites for hydroxylation is 1. The number of anilines is 2. The van der Waals surface area contributed by atoms with Crippen molar-refractivity contribution in [3.05, 3.63) is 76.6 Å². The van der Waals surface area contributed by atoms with Crippen molar-refractivity contribution in [1.29, 1.82) is 5.26 Å². The molecule has 0 amide bonds. The van der Waals surface area contributed by atoms with Crippen molar-refractivity contribution in [2.45, 2.75) is 13.5 Å². The first-order valence-electron chi connectivity index (χ1n) is 8.05. The van der Waals surface area contributed by atoms with Crippen molar-refractivity contribution in [3.63, 3.8) is 0 Å². The van der Waals surface area contributed by atoms with E-state index in [9.17, 15) is 4.79 Å². The Balaban J connectivity index is 2.11. The molecule has 0 saturated heterocycles. The van der Waals surface area contributed by atoms with Gasteiger partial charge in [-0.25, -0.2) is 4.68 Å². The zero-order valence-corrected chi connectivity index (χ0v) is 14.2. The van der Waals surface area contributed by atoms with E-state index < -0.39 is 0 Å². The molecule has 0 aliphatic rings. The SMILES string of the molecule is CCn1nc(-c2ccccc2)cc(N(C)c2ccc(C#N)cc2)c1=O. The van der Waals surface area contributed by atoms with E-state index in [0.717, 1.165) is 16.9 Å². The van der Waals surface area contributed by atoms with E-state index in [1.165, 1.54) is 4.68 Å². The average Bonchev–Trinajstić information content (AvgIpc) is 2.68. The van der Waals surface area contributed by atoms with Gasteiger partial charge in [-0.15, -0.1) is 0 Å². The third kappa shape index (κ3) is 3.29. The predicted octanol–water partition coefficient (Wildman–Crippen LogP) is 3.57. The summed E-state index contributed by atoms with van der Waals surface area (Å²) < 4.78 is 1.47. The van der Waals surface area contributed by atoms with Crippen LogP contribution in [0.1, 0.15) is 12.5 Å². The number of nitriles is 1. The van der Waals surface area contributed by atoms with Crippen LogP contribution in [-0.2, 0) is 6.54 Å². The average molecular weight is 330 g/mol. The third-order valence-corrected chi connectivity index (χ3v) is 4.07. The molecule has 25 heavy (non-hydrogen) atoms. The van der Waals surface area contributed by atoms with Gasteiger partial charge in [0.1, 0.15) is 5.69 Å². The van der Waals surface area contributed by atoms with Crippen LogP contribution in [0.5, 0.6) is 0 Å². The Kier molecular flexibility index (Phi) is 4.62. The van der Waals surface area contributed by atoms with Gasteiger partial charge in [-0.1, -0.05) is 30.3 Å². The van der Waals surface area contributed by atoms with Gasteiger partial charge in [0.2, 0.25) is 0 Å². The van der Waals surface area contributed by atoms with Gasteiger partial charge in [-0.05, 0) is 37.3 Å². The summed E-state index contributed by atoms with van der Waals surface area (Å²) in [5.41, 5.74) is 3.53. The fourth-order valence-electron chi connectivity index (χ4n) is 2.63. The second-order valence-electron chi connectivity index (χ2n) is 5.62. The zero-order chi connectivity index (χ0) is 17.8. The molecule has 0 N–H and O–H groups in total. The van der Waals surface area contributed by atoms with Crippen LogP contribution in [-0.4, -0.2) is 16.8 Å². The first kappa shape index (κ1) is 16.5. The van der Waals surface area contributed by atoms with Crippen LogP contribution in [0, 0.1) is 11.3 Å². The number of hydrogen-bond donors (Lipinski definition) is 0. The maximum absolute atomic E-state index is 12.7. The monoisotopic (exact) mass is 330 g/mol. The van der Waals surface area contributed by atoms with E-state index in [-0.39, 0.29) is 5.56 Å². The van der Waals surface area contributed by atoms with Crippen molar-refractivity contribution >= 4 is 11.4 Å². The van der Waals surface area contributed by atoms with Crippen molar-refractivity contribution in [3.8, 4) is 17.3 Å². The molecule has 0 aliphatic carbocycles. The van der Waals surface area contributed by atoms with E-state index in [0.29, 0.717) is 17.8 Å². The molecule has 124 valence electrons. The molecule has 0 aliphatic heterocycles. The Hall–Kier alpha value is -3.39. The quantitative estimate of drug-likeness (QED) is 0.734. The lowest BCUT2D eigenvalue weighted by molar-refractivity contribution is 0.619. The topological polar surface area (TPSA) is 61.9 Å². The first-order valence-corrected chi connectivity index (χ1v) is 8.05. The molecule has 3 aromatic rings. The van der Waals surface area contributed by atoms with Crippen molar-refractivity contribution in [2.24, 2.45) is 0 Å². The van der Waals surface area contributed by atoms with E-state index in [2.05, 4.69) is 11.2 Å². The highest BCUT2D eigenvalue weighted by Gasteiger charge is 2.14. The third-order valence-electron chi connectivity index (χ3n) is 4.07. The van der Waals surface area contributed by atoms with Crippen LogP contribution in [0.3, 0.4) is 0 Å². The van der Waals surface area contributed by atoms with Gasteiger partial charge >= 0.3 is 0 Å². The van der Waals surface area contributed by atoms with Crippen LogP contribution < -0.4 is 10.5 Å². The minimum Gasteiger partial charge on any atom is -0.340 e. The van der Waals surface area contributed by atoms with Crippen LogP contribution >= 0.6 is 0 Å². The largest absolute Gasteiger partial charge is 0.340 e. The molecule has 0 fully saturated rings. The second-order valence-corrected chi connectivity index (χ2v) is 5.62. The van der Waals surface area contributed by atoms with Gasteiger partial charge in [0.25, 0.3) is 5.56 Å². The lowest BCUT2D eigenvalue weighted by Crippen LogP contribution is -2.28. The van der Waals surface area contributed by atoms with E-state index in [1.54, 1.807) is 12.1 Å². The number of benzene rings is 2. The Morgan fingerprint density at radius 3 is 2.40 bits per heavy atom. The van der Waals surface area contributed by atoms with Gasteiger partial charge in [-0.2, -0.15) is 10.4 Å². The zero-order valence-electron chi connectivity index (χ0n) is 14.2. The summed E-state index contributed by atoms with van der Waals surface area (Å²) in [7, 11) is 1.84. The second kappa shape index (κ2) is 7.02. The van der Waals surface area contributed by atoms with E-state index >= 15 is 0 Å². The Morgan fingerprint density at radius 2 is 1.80 bits per heavy atom. The molecule has 0 spiro atoms.